The molecule has 0 fully saturated rings. The van der Waals surface area contributed by atoms with Crippen molar-refractivity contribution in [3.63, 3.8) is 0 Å². The van der Waals surface area contributed by atoms with E-state index in [4.69, 9.17) is 15.3 Å². The van der Waals surface area contributed by atoms with Crippen LogP contribution in [0.15, 0.2) is 12.7 Å². The Morgan fingerprint density at radius 1 is 1.58 bits per heavy atom. The molecule has 0 spiro atoms. The predicted molar refractivity (Wildman–Crippen MR) is 40.0 cm³/mol. The number of rotatable bonds is 5. The number of carbonyl (C=O) groups excluding carboxylic acids is 1. The summed E-state index contributed by atoms with van der Waals surface area (Å²) in [5, 5.41) is 26.2. The van der Waals surface area contributed by atoms with E-state index in [2.05, 4.69) is 11.3 Å². The quantitative estimate of drug-likeness (QED) is 0.277. The first-order valence-corrected chi connectivity index (χ1v) is 3.42. The van der Waals surface area contributed by atoms with Gasteiger partial charge in [-0.3, -0.25) is 0 Å². The molecular formula is C7H12O5. The van der Waals surface area contributed by atoms with Gasteiger partial charge in [0.2, 0.25) is 6.29 Å². The lowest BCUT2D eigenvalue weighted by Crippen LogP contribution is -2.31. The maximum absolute atomic E-state index is 10.5. The smallest absolute Gasteiger partial charge is 0.332 e. The fourth-order valence-electron chi connectivity index (χ4n) is 0.521. The Morgan fingerprint density at radius 3 is 2.58 bits per heavy atom. The third-order valence-corrected chi connectivity index (χ3v) is 1.16. The van der Waals surface area contributed by atoms with Gasteiger partial charge in [-0.15, -0.1) is 0 Å². The fraction of sp³-hybridized carbons (Fsp3) is 0.571. The van der Waals surface area contributed by atoms with Crippen molar-refractivity contribution in [2.75, 3.05) is 6.61 Å². The molecule has 2 atom stereocenters. The Balaban J connectivity index is 3.77. The summed E-state index contributed by atoms with van der Waals surface area (Å²) in [7, 11) is 0. The second kappa shape index (κ2) is 5.70. The minimum Gasteiger partial charge on any atom is -0.430 e. The number of ether oxygens (including phenoxy) is 1. The topological polar surface area (TPSA) is 87.0 Å². The number of hydrogen-bond donors (Lipinski definition) is 3. The first kappa shape index (κ1) is 11.1. The molecule has 0 aromatic rings. The van der Waals surface area contributed by atoms with Crippen molar-refractivity contribution in [2.45, 2.75) is 18.8 Å². The molecule has 3 N–H and O–H groups in total. The molecule has 70 valence electrons. The first-order chi connectivity index (χ1) is 5.61. The number of aliphatic hydroxyl groups excluding tert-OH is 3. The molecule has 5 heteroatoms. The van der Waals surface area contributed by atoms with Crippen LogP contribution in [0.3, 0.4) is 0 Å². The van der Waals surface area contributed by atoms with Gasteiger partial charge in [-0.25, -0.2) is 4.79 Å². The van der Waals surface area contributed by atoms with E-state index in [1.165, 1.54) is 0 Å². The van der Waals surface area contributed by atoms with Crippen molar-refractivity contribution in [2.24, 2.45) is 0 Å². The molecule has 0 heterocycles. The molecule has 2 unspecified atom stereocenters. The zero-order chi connectivity index (χ0) is 9.56. The molecule has 0 bridgehead atoms. The van der Waals surface area contributed by atoms with Gasteiger partial charge >= 0.3 is 5.97 Å². The molecule has 0 aromatic heterocycles. The van der Waals surface area contributed by atoms with Crippen LogP contribution in [0.25, 0.3) is 0 Å². The van der Waals surface area contributed by atoms with E-state index in [0.29, 0.717) is 0 Å². The van der Waals surface area contributed by atoms with Gasteiger partial charge in [-0.1, -0.05) is 6.58 Å². The first-order valence-electron chi connectivity index (χ1n) is 3.42. The molecule has 0 aliphatic heterocycles. The average Bonchev–Trinajstić information content (AvgIpc) is 2.04. The summed E-state index contributed by atoms with van der Waals surface area (Å²) < 4.78 is 4.25. The summed E-state index contributed by atoms with van der Waals surface area (Å²) in [4.78, 5) is 10.5. The van der Waals surface area contributed by atoms with Gasteiger partial charge in [0, 0.05) is 19.1 Å². The standard InChI is InChI=1S/C7H12O5/c1-2-6(10)12-7(11)5(9)3-4-8/h2,5,7-9,11H,1,3-4H2. The average molecular weight is 176 g/mol. The molecule has 0 amide bonds. The largest absolute Gasteiger partial charge is 0.430 e. The van der Waals surface area contributed by atoms with Gasteiger partial charge < -0.3 is 20.1 Å². The van der Waals surface area contributed by atoms with Crippen molar-refractivity contribution >= 4 is 5.97 Å². The van der Waals surface area contributed by atoms with Gasteiger partial charge in [-0.05, 0) is 0 Å². The summed E-state index contributed by atoms with van der Waals surface area (Å²) in [6.45, 7) is 2.81. The number of carbonyl (C=O) groups is 1. The minimum absolute atomic E-state index is 0.0500. The van der Waals surface area contributed by atoms with Gasteiger partial charge in [0.05, 0.1) is 0 Å². The molecule has 0 aliphatic carbocycles. The van der Waals surface area contributed by atoms with Crippen LogP contribution in [-0.2, 0) is 9.53 Å². The highest BCUT2D eigenvalue weighted by Crippen LogP contribution is 2.00. The Morgan fingerprint density at radius 2 is 2.17 bits per heavy atom. The van der Waals surface area contributed by atoms with Crippen molar-refractivity contribution in [1.29, 1.82) is 0 Å². The summed E-state index contributed by atoms with van der Waals surface area (Å²) in [5.74, 6) is -0.820. The van der Waals surface area contributed by atoms with Gasteiger partial charge in [0.15, 0.2) is 0 Å². The zero-order valence-electron chi connectivity index (χ0n) is 6.51. The monoisotopic (exact) mass is 176 g/mol. The van der Waals surface area contributed by atoms with Crippen molar-refractivity contribution in [3.05, 3.63) is 12.7 Å². The normalized spacial score (nSPS) is 14.9. The lowest BCUT2D eigenvalue weighted by molar-refractivity contribution is -0.182. The van der Waals surface area contributed by atoms with Crippen LogP contribution in [0.4, 0.5) is 0 Å². The van der Waals surface area contributed by atoms with E-state index in [1.807, 2.05) is 0 Å². The molecule has 0 aliphatic rings. The second-order valence-electron chi connectivity index (χ2n) is 2.11. The van der Waals surface area contributed by atoms with E-state index >= 15 is 0 Å². The van der Waals surface area contributed by atoms with E-state index in [0.717, 1.165) is 6.08 Å². The van der Waals surface area contributed by atoms with Crippen LogP contribution in [0, 0.1) is 0 Å². The highest BCUT2D eigenvalue weighted by atomic mass is 16.6. The van der Waals surface area contributed by atoms with Crippen LogP contribution in [0.2, 0.25) is 0 Å². The summed E-state index contributed by atoms with van der Waals surface area (Å²) in [5.41, 5.74) is 0. The predicted octanol–water partition coefficient (Wildman–Crippen LogP) is -1.22. The summed E-state index contributed by atoms with van der Waals surface area (Å²) in [6.07, 6.45) is -2.05. The Labute approximate surface area is 69.9 Å². The Hall–Kier alpha value is -0.910. The highest BCUT2D eigenvalue weighted by molar-refractivity contribution is 5.81. The van der Waals surface area contributed by atoms with Gasteiger partial charge in [0.25, 0.3) is 0 Å². The lowest BCUT2D eigenvalue weighted by Gasteiger charge is -2.15. The molecule has 0 saturated carbocycles. The minimum atomic E-state index is -1.61. The number of esters is 1. The zero-order valence-corrected chi connectivity index (χ0v) is 6.51. The SMILES string of the molecule is C=CC(=O)OC(O)C(O)CCO. The third kappa shape index (κ3) is 4.07. The Kier molecular flexibility index (Phi) is 5.27. The fourth-order valence-corrected chi connectivity index (χ4v) is 0.521. The molecule has 0 saturated heterocycles. The van der Waals surface area contributed by atoms with Crippen molar-refractivity contribution in [3.8, 4) is 0 Å². The molecule has 0 rings (SSSR count). The van der Waals surface area contributed by atoms with Gasteiger partial charge in [-0.2, -0.15) is 0 Å². The van der Waals surface area contributed by atoms with Crippen molar-refractivity contribution < 1.29 is 24.9 Å². The summed E-state index contributed by atoms with van der Waals surface area (Å²) >= 11 is 0. The maximum Gasteiger partial charge on any atom is 0.332 e. The highest BCUT2D eigenvalue weighted by Gasteiger charge is 2.18. The van der Waals surface area contributed by atoms with Crippen molar-refractivity contribution in [1.82, 2.24) is 0 Å². The summed E-state index contributed by atoms with van der Waals surface area (Å²) in [6, 6.07) is 0. The van der Waals surface area contributed by atoms with Crippen LogP contribution in [-0.4, -0.2) is 40.3 Å². The Bertz CT molecular complexity index is 156. The number of hydrogen-bond acceptors (Lipinski definition) is 5. The molecule has 0 aromatic carbocycles. The van der Waals surface area contributed by atoms with Gasteiger partial charge in [0.1, 0.15) is 6.10 Å². The third-order valence-electron chi connectivity index (χ3n) is 1.16. The van der Waals surface area contributed by atoms with Crippen LogP contribution >= 0.6 is 0 Å². The van der Waals surface area contributed by atoms with E-state index < -0.39 is 18.4 Å². The molecule has 0 radical (unpaired) electrons. The van der Waals surface area contributed by atoms with Crippen LogP contribution in [0.1, 0.15) is 6.42 Å². The lowest BCUT2D eigenvalue weighted by atomic mass is 10.2. The van der Waals surface area contributed by atoms with Crippen LogP contribution in [0.5, 0.6) is 0 Å². The van der Waals surface area contributed by atoms with E-state index in [1.54, 1.807) is 0 Å². The van der Waals surface area contributed by atoms with Crippen LogP contribution < -0.4 is 0 Å². The van der Waals surface area contributed by atoms with E-state index in [-0.39, 0.29) is 13.0 Å². The maximum atomic E-state index is 10.5. The molecule has 12 heavy (non-hydrogen) atoms. The molecule has 5 nitrogen and oxygen atoms in total. The number of aliphatic hydroxyl groups is 3. The molecular weight excluding hydrogens is 164 g/mol. The van der Waals surface area contributed by atoms with E-state index in [9.17, 15) is 4.79 Å². The second-order valence-corrected chi connectivity index (χ2v) is 2.11.